The van der Waals surface area contributed by atoms with Gasteiger partial charge in [-0.3, -0.25) is 4.79 Å². The third kappa shape index (κ3) is 3.69. The summed E-state index contributed by atoms with van der Waals surface area (Å²) in [6.07, 6.45) is 1.49. The van der Waals surface area contributed by atoms with E-state index in [1.807, 2.05) is 0 Å². The number of amides is 1. The van der Waals surface area contributed by atoms with Gasteiger partial charge in [0.2, 0.25) is 0 Å². The number of aryl methyl sites for hydroxylation is 1. The van der Waals surface area contributed by atoms with Crippen LogP contribution in [0.2, 0.25) is 5.02 Å². The minimum atomic E-state index is -0.490. The molecule has 6 nitrogen and oxygen atoms in total. The maximum Gasteiger partial charge on any atom is 0.275 e. The zero-order valence-electron chi connectivity index (χ0n) is 12.5. The minimum Gasteiger partial charge on any atom is -0.360 e. The van der Waals surface area contributed by atoms with Crippen molar-refractivity contribution >= 4 is 34.7 Å². The molecule has 24 heavy (non-hydrogen) atoms. The van der Waals surface area contributed by atoms with Crippen molar-refractivity contribution in [2.24, 2.45) is 0 Å². The van der Waals surface area contributed by atoms with Crippen LogP contribution in [0.15, 0.2) is 47.1 Å². The number of nitrogens with zero attached hydrogens (tertiary/aromatic N) is 2. The number of hydrogen-bond acceptors (Lipinski definition) is 5. The van der Waals surface area contributed by atoms with E-state index >= 15 is 0 Å². The van der Waals surface area contributed by atoms with Crippen LogP contribution >= 0.6 is 11.6 Å². The predicted molar refractivity (Wildman–Crippen MR) is 88.1 cm³/mol. The second-order valence-corrected chi connectivity index (χ2v) is 5.37. The molecule has 0 aliphatic carbocycles. The molecule has 3 aromatic rings. The van der Waals surface area contributed by atoms with E-state index in [2.05, 4.69) is 20.8 Å². The summed E-state index contributed by atoms with van der Waals surface area (Å²) >= 11 is 5.73. The molecule has 0 saturated carbocycles. The predicted octanol–water partition coefficient (Wildman–Crippen LogP) is 4.17. The van der Waals surface area contributed by atoms with Gasteiger partial charge in [-0.05, 0) is 37.3 Å². The maximum atomic E-state index is 13.1. The van der Waals surface area contributed by atoms with Crippen LogP contribution in [0, 0.1) is 12.7 Å². The van der Waals surface area contributed by atoms with Crippen LogP contribution in [0.3, 0.4) is 0 Å². The van der Waals surface area contributed by atoms with Crippen molar-refractivity contribution in [2.75, 3.05) is 10.6 Å². The molecule has 0 aliphatic heterocycles. The Morgan fingerprint density at radius 3 is 2.62 bits per heavy atom. The number of benzene rings is 1. The Labute approximate surface area is 141 Å². The molecule has 2 N–H and O–H groups in total. The Morgan fingerprint density at radius 1 is 1.21 bits per heavy atom. The van der Waals surface area contributed by atoms with Crippen LogP contribution in [-0.2, 0) is 0 Å². The lowest BCUT2D eigenvalue weighted by Gasteiger charge is -2.07. The van der Waals surface area contributed by atoms with Crippen molar-refractivity contribution in [2.45, 2.75) is 6.92 Å². The highest BCUT2D eigenvalue weighted by Crippen LogP contribution is 2.22. The summed E-state index contributed by atoms with van der Waals surface area (Å²) in [5.41, 5.74) is 1.46. The molecule has 122 valence electrons. The van der Waals surface area contributed by atoms with E-state index in [1.165, 1.54) is 18.3 Å². The first-order valence-corrected chi connectivity index (χ1v) is 7.32. The van der Waals surface area contributed by atoms with Gasteiger partial charge in [-0.15, -0.1) is 0 Å². The van der Waals surface area contributed by atoms with Gasteiger partial charge >= 0.3 is 0 Å². The van der Waals surface area contributed by atoms with Gasteiger partial charge in [0.25, 0.3) is 5.91 Å². The molecule has 0 unspecified atom stereocenters. The number of pyridine rings is 1. The van der Waals surface area contributed by atoms with Crippen LogP contribution in [0.25, 0.3) is 0 Å². The van der Waals surface area contributed by atoms with Crippen molar-refractivity contribution in [3.63, 3.8) is 0 Å². The average Bonchev–Trinajstić information content (AvgIpc) is 2.96. The van der Waals surface area contributed by atoms with Gasteiger partial charge in [-0.25, -0.2) is 9.37 Å². The van der Waals surface area contributed by atoms with Gasteiger partial charge < -0.3 is 15.2 Å². The maximum absolute atomic E-state index is 13.1. The molecule has 8 heteroatoms. The number of aromatic nitrogens is 2. The number of hydrogen-bond donors (Lipinski definition) is 2. The summed E-state index contributed by atoms with van der Waals surface area (Å²) in [6.45, 7) is 1.73. The second kappa shape index (κ2) is 6.67. The van der Waals surface area contributed by atoms with Crippen molar-refractivity contribution in [3.05, 3.63) is 64.9 Å². The lowest BCUT2D eigenvalue weighted by molar-refractivity contribution is 0.102. The van der Waals surface area contributed by atoms with Crippen LogP contribution in [-0.4, -0.2) is 16.0 Å². The van der Waals surface area contributed by atoms with E-state index in [4.69, 9.17) is 16.1 Å². The molecule has 0 spiro atoms. The third-order valence-electron chi connectivity index (χ3n) is 3.07. The van der Waals surface area contributed by atoms with E-state index in [0.717, 1.165) is 0 Å². The largest absolute Gasteiger partial charge is 0.360 e. The topological polar surface area (TPSA) is 80.0 Å². The lowest BCUT2D eigenvalue weighted by Crippen LogP contribution is -2.13. The quantitative estimate of drug-likeness (QED) is 0.741. The monoisotopic (exact) mass is 346 g/mol. The second-order valence-electron chi connectivity index (χ2n) is 4.96. The molecular formula is C16H12ClFN4O2. The average molecular weight is 347 g/mol. The van der Waals surface area contributed by atoms with E-state index in [1.54, 1.807) is 31.2 Å². The Bertz CT molecular complexity index is 880. The summed E-state index contributed by atoms with van der Waals surface area (Å²) in [7, 11) is 0. The lowest BCUT2D eigenvalue weighted by atomic mass is 10.2. The zero-order chi connectivity index (χ0) is 17.1. The van der Waals surface area contributed by atoms with Crippen molar-refractivity contribution in [1.82, 2.24) is 10.1 Å². The van der Waals surface area contributed by atoms with E-state index < -0.39 is 11.7 Å². The van der Waals surface area contributed by atoms with Gasteiger partial charge in [0.1, 0.15) is 17.3 Å². The fourth-order valence-corrected chi connectivity index (χ4v) is 2.13. The van der Waals surface area contributed by atoms with Crippen LogP contribution in [0.5, 0.6) is 0 Å². The Hall–Kier alpha value is -2.93. The van der Waals surface area contributed by atoms with Crippen LogP contribution in [0.4, 0.5) is 21.6 Å². The van der Waals surface area contributed by atoms with Gasteiger partial charge in [-0.2, -0.15) is 0 Å². The van der Waals surface area contributed by atoms with Gasteiger partial charge in [0.15, 0.2) is 5.82 Å². The standard InChI is InChI=1S/C16H12ClFN4O2/c1-9-6-15(22-24-9)21-16(23)14-5-3-11(8-19-14)20-10-2-4-13(18)12(17)7-10/h2-8,20H,1H3,(H,21,22,23). The summed E-state index contributed by atoms with van der Waals surface area (Å²) in [6, 6.07) is 9.11. The number of carbonyl (C=O) groups excluding carboxylic acids is 1. The van der Waals surface area contributed by atoms with E-state index in [-0.39, 0.29) is 10.7 Å². The highest BCUT2D eigenvalue weighted by Gasteiger charge is 2.10. The number of anilines is 3. The molecule has 2 heterocycles. The van der Waals surface area contributed by atoms with E-state index in [0.29, 0.717) is 23.0 Å². The molecule has 0 bridgehead atoms. The van der Waals surface area contributed by atoms with Crippen molar-refractivity contribution in [1.29, 1.82) is 0 Å². The van der Waals surface area contributed by atoms with E-state index in [9.17, 15) is 9.18 Å². The minimum absolute atomic E-state index is 0.0202. The molecule has 0 aliphatic rings. The highest BCUT2D eigenvalue weighted by molar-refractivity contribution is 6.31. The third-order valence-corrected chi connectivity index (χ3v) is 3.36. The summed E-state index contributed by atoms with van der Waals surface area (Å²) in [5.74, 6) is 0.0216. The molecule has 1 amide bonds. The van der Waals surface area contributed by atoms with Crippen molar-refractivity contribution in [3.8, 4) is 0 Å². The van der Waals surface area contributed by atoms with Gasteiger partial charge in [0.05, 0.1) is 16.9 Å². The Balaban J connectivity index is 1.68. The zero-order valence-corrected chi connectivity index (χ0v) is 13.3. The van der Waals surface area contributed by atoms with Gasteiger partial charge in [-0.1, -0.05) is 16.8 Å². The summed E-state index contributed by atoms with van der Waals surface area (Å²) in [5, 5.41) is 9.29. The Morgan fingerprint density at radius 2 is 2.00 bits per heavy atom. The van der Waals surface area contributed by atoms with Crippen LogP contribution in [0.1, 0.15) is 16.2 Å². The smallest absolute Gasteiger partial charge is 0.275 e. The fraction of sp³-hybridized carbons (Fsp3) is 0.0625. The first kappa shape index (κ1) is 15.9. The molecule has 1 aromatic carbocycles. The van der Waals surface area contributed by atoms with Gasteiger partial charge in [0, 0.05) is 11.8 Å². The SMILES string of the molecule is Cc1cc(NC(=O)c2ccc(Nc3ccc(F)c(Cl)c3)cn2)no1. The molecule has 0 fully saturated rings. The number of carbonyl (C=O) groups is 1. The molecule has 2 aromatic heterocycles. The normalized spacial score (nSPS) is 10.5. The number of nitrogens with one attached hydrogen (secondary N) is 2. The summed E-state index contributed by atoms with van der Waals surface area (Å²) < 4.78 is 18.0. The van der Waals surface area contributed by atoms with Crippen LogP contribution < -0.4 is 10.6 Å². The molecular weight excluding hydrogens is 335 g/mol. The first-order valence-electron chi connectivity index (χ1n) is 6.94. The summed E-state index contributed by atoms with van der Waals surface area (Å²) in [4.78, 5) is 16.1. The van der Waals surface area contributed by atoms with Crippen molar-refractivity contribution < 1.29 is 13.7 Å². The molecule has 0 radical (unpaired) electrons. The highest BCUT2D eigenvalue weighted by atomic mass is 35.5. The number of halogens is 2. The first-order chi connectivity index (χ1) is 11.5. The number of rotatable bonds is 4. The Kier molecular flexibility index (Phi) is 4.43. The molecule has 0 atom stereocenters. The molecule has 3 rings (SSSR count). The fourth-order valence-electron chi connectivity index (χ4n) is 1.95. The molecule has 0 saturated heterocycles.